The van der Waals surface area contributed by atoms with Crippen LogP contribution in [0.5, 0.6) is 0 Å². The van der Waals surface area contributed by atoms with Crippen LogP contribution in [0.1, 0.15) is 5.56 Å². The Morgan fingerprint density at radius 3 is 2.25 bits per heavy atom. The van der Waals surface area contributed by atoms with Crippen LogP contribution in [0.4, 0.5) is 4.39 Å². The normalized spacial score (nSPS) is 21.6. The molecule has 1 unspecified atom stereocenters. The van der Waals surface area contributed by atoms with Crippen molar-refractivity contribution < 1.29 is 9.18 Å². The highest BCUT2D eigenvalue weighted by Gasteiger charge is 2.53. The number of nitrogens with zero attached hydrogens (tertiary/aromatic N) is 1. The van der Waals surface area contributed by atoms with E-state index in [0.717, 1.165) is 22.2 Å². The Morgan fingerprint density at radius 1 is 1.05 bits per heavy atom. The average molecular weight is 287 g/mol. The molecular formula is C16H14FNOS. The lowest BCUT2D eigenvalue weighted by molar-refractivity contribution is -0.153. The molecule has 1 amide bonds. The lowest BCUT2D eigenvalue weighted by Gasteiger charge is -2.42. The number of hydrogen-bond acceptors (Lipinski definition) is 2. The zero-order chi connectivity index (χ0) is 14.0. The van der Waals surface area contributed by atoms with Crippen molar-refractivity contribution in [3.63, 3.8) is 0 Å². The summed E-state index contributed by atoms with van der Waals surface area (Å²) in [5.41, 5.74) is 1.02. The number of benzene rings is 2. The van der Waals surface area contributed by atoms with Crippen molar-refractivity contribution in [2.24, 2.45) is 0 Å². The molecule has 102 valence electrons. The van der Waals surface area contributed by atoms with E-state index in [1.54, 1.807) is 4.90 Å². The minimum Gasteiger partial charge on any atom is -0.330 e. The van der Waals surface area contributed by atoms with E-state index in [1.165, 1.54) is 0 Å². The van der Waals surface area contributed by atoms with Gasteiger partial charge in [0, 0.05) is 11.4 Å². The fourth-order valence-electron chi connectivity index (χ4n) is 2.21. The molecule has 2 aromatic rings. The molecule has 4 heteroatoms. The van der Waals surface area contributed by atoms with E-state index in [9.17, 15) is 9.18 Å². The Kier molecular flexibility index (Phi) is 3.49. The Balaban J connectivity index is 1.64. The number of thioether (sulfide) groups is 1. The highest BCUT2D eigenvalue weighted by atomic mass is 32.2. The second-order valence-electron chi connectivity index (χ2n) is 4.79. The number of rotatable bonds is 4. The largest absolute Gasteiger partial charge is 0.330 e. The molecule has 1 aliphatic heterocycles. The summed E-state index contributed by atoms with van der Waals surface area (Å²) in [5.74, 6) is -0.435. The monoisotopic (exact) mass is 287 g/mol. The van der Waals surface area contributed by atoms with Gasteiger partial charge in [0.1, 0.15) is 0 Å². The average Bonchev–Trinajstić information content (AvgIpc) is 2.48. The van der Waals surface area contributed by atoms with Crippen molar-refractivity contribution in [2.45, 2.75) is 16.4 Å². The van der Waals surface area contributed by atoms with Crippen LogP contribution in [0, 0.1) is 0 Å². The van der Waals surface area contributed by atoms with Gasteiger partial charge in [-0.25, -0.2) is 4.39 Å². The highest BCUT2D eigenvalue weighted by molar-refractivity contribution is 8.01. The van der Waals surface area contributed by atoms with Gasteiger partial charge in [-0.1, -0.05) is 60.3 Å². The summed E-state index contributed by atoms with van der Waals surface area (Å²) in [7, 11) is 0. The summed E-state index contributed by atoms with van der Waals surface area (Å²) in [4.78, 5) is 14.3. The third kappa shape index (κ3) is 2.56. The van der Waals surface area contributed by atoms with Crippen LogP contribution in [-0.2, 0) is 11.3 Å². The van der Waals surface area contributed by atoms with E-state index >= 15 is 0 Å². The van der Waals surface area contributed by atoms with Gasteiger partial charge < -0.3 is 4.90 Å². The molecule has 2 nitrogen and oxygen atoms in total. The van der Waals surface area contributed by atoms with Crippen molar-refractivity contribution in [2.75, 3.05) is 6.54 Å². The number of carbonyl (C=O) groups excluding carboxylic acids is 1. The predicted octanol–water partition coefficient (Wildman–Crippen LogP) is 3.49. The standard InChI is InChI=1S/C16H14FNOS/c17-16(20-14-9-5-2-6-10-14)12-18(15(16)19)11-13-7-3-1-4-8-13/h1-10H,11-12H2. The molecule has 1 aliphatic rings. The Hall–Kier alpha value is -1.81. The summed E-state index contributed by atoms with van der Waals surface area (Å²) in [6.45, 7) is 0.612. The highest BCUT2D eigenvalue weighted by Crippen LogP contribution is 2.42. The van der Waals surface area contributed by atoms with E-state index in [2.05, 4.69) is 0 Å². The summed E-state index contributed by atoms with van der Waals surface area (Å²) in [6.07, 6.45) is 0. The molecular weight excluding hydrogens is 273 g/mol. The molecule has 0 saturated carbocycles. The van der Waals surface area contributed by atoms with Gasteiger partial charge in [0.05, 0.1) is 6.54 Å². The Morgan fingerprint density at radius 2 is 1.65 bits per heavy atom. The van der Waals surface area contributed by atoms with E-state index in [-0.39, 0.29) is 6.54 Å². The Bertz CT molecular complexity index is 604. The van der Waals surface area contributed by atoms with Crippen molar-refractivity contribution in [1.29, 1.82) is 0 Å². The van der Waals surface area contributed by atoms with Gasteiger partial charge in [0.2, 0.25) is 0 Å². The maximum absolute atomic E-state index is 14.5. The van der Waals surface area contributed by atoms with Crippen LogP contribution >= 0.6 is 11.8 Å². The first kappa shape index (κ1) is 13.2. The molecule has 0 spiro atoms. The molecule has 3 rings (SSSR count). The number of halogens is 1. The number of likely N-dealkylation sites (tertiary alicyclic amines) is 1. The molecule has 1 atom stereocenters. The molecule has 1 saturated heterocycles. The molecule has 0 N–H and O–H groups in total. The van der Waals surface area contributed by atoms with Gasteiger partial charge in [-0.2, -0.15) is 0 Å². The van der Waals surface area contributed by atoms with E-state index in [0.29, 0.717) is 6.54 Å². The first-order valence-corrected chi connectivity index (χ1v) is 7.25. The van der Waals surface area contributed by atoms with Crippen LogP contribution in [0.2, 0.25) is 0 Å². The lowest BCUT2D eigenvalue weighted by Crippen LogP contribution is -2.61. The summed E-state index contributed by atoms with van der Waals surface area (Å²) in [6, 6.07) is 18.8. The topological polar surface area (TPSA) is 20.3 Å². The van der Waals surface area contributed by atoms with Crippen LogP contribution < -0.4 is 0 Å². The van der Waals surface area contributed by atoms with Crippen LogP contribution in [-0.4, -0.2) is 22.4 Å². The zero-order valence-electron chi connectivity index (χ0n) is 10.8. The fraction of sp³-hybridized carbons (Fsp3) is 0.188. The second kappa shape index (κ2) is 5.29. The van der Waals surface area contributed by atoms with Gasteiger partial charge in [0.15, 0.2) is 0 Å². The minimum atomic E-state index is -1.81. The molecule has 1 heterocycles. The van der Waals surface area contributed by atoms with Crippen molar-refractivity contribution in [3.8, 4) is 0 Å². The molecule has 0 aromatic heterocycles. The Labute approximate surface area is 121 Å². The van der Waals surface area contributed by atoms with Crippen LogP contribution in [0.25, 0.3) is 0 Å². The number of amides is 1. The van der Waals surface area contributed by atoms with Crippen LogP contribution in [0.15, 0.2) is 65.6 Å². The van der Waals surface area contributed by atoms with Gasteiger partial charge in [-0.05, 0) is 17.7 Å². The van der Waals surface area contributed by atoms with Gasteiger partial charge in [0.25, 0.3) is 10.9 Å². The maximum atomic E-state index is 14.5. The summed E-state index contributed by atoms with van der Waals surface area (Å²) < 4.78 is 14.5. The number of β-lactam (4-membered cyclic amide) rings is 1. The number of carbonyl (C=O) groups is 1. The quantitative estimate of drug-likeness (QED) is 0.802. The molecule has 20 heavy (non-hydrogen) atoms. The molecule has 0 aliphatic carbocycles. The first-order chi connectivity index (χ1) is 9.67. The molecule has 2 aromatic carbocycles. The third-order valence-electron chi connectivity index (χ3n) is 3.24. The van der Waals surface area contributed by atoms with Gasteiger partial charge in [-0.15, -0.1) is 0 Å². The first-order valence-electron chi connectivity index (χ1n) is 6.44. The van der Waals surface area contributed by atoms with E-state index < -0.39 is 10.9 Å². The van der Waals surface area contributed by atoms with Crippen molar-refractivity contribution >= 4 is 17.7 Å². The molecule has 0 radical (unpaired) electrons. The second-order valence-corrected chi connectivity index (χ2v) is 6.11. The van der Waals surface area contributed by atoms with Gasteiger partial charge in [-0.3, -0.25) is 4.79 Å². The van der Waals surface area contributed by atoms with E-state index in [4.69, 9.17) is 0 Å². The van der Waals surface area contributed by atoms with Crippen molar-refractivity contribution in [1.82, 2.24) is 4.90 Å². The maximum Gasteiger partial charge on any atom is 0.273 e. The predicted molar refractivity (Wildman–Crippen MR) is 78.0 cm³/mol. The van der Waals surface area contributed by atoms with Crippen LogP contribution in [0.3, 0.4) is 0 Å². The zero-order valence-corrected chi connectivity index (χ0v) is 11.6. The third-order valence-corrected chi connectivity index (χ3v) is 4.38. The summed E-state index contributed by atoms with van der Waals surface area (Å²) in [5, 5.41) is -1.81. The van der Waals surface area contributed by atoms with Gasteiger partial charge >= 0.3 is 0 Å². The minimum absolute atomic E-state index is 0.139. The summed E-state index contributed by atoms with van der Waals surface area (Å²) >= 11 is 0.997. The number of hydrogen-bond donors (Lipinski definition) is 0. The van der Waals surface area contributed by atoms with E-state index in [1.807, 2.05) is 60.7 Å². The fourth-order valence-corrected chi connectivity index (χ4v) is 3.32. The lowest BCUT2D eigenvalue weighted by atomic mass is 10.1. The van der Waals surface area contributed by atoms with Crippen molar-refractivity contribution in [3.05, 3.63) is 66.2 Å². The molecule has 0 bridgehead atoms. The SMILES string of the molecule is O=C1N(Cc2ccccc2)CC1(F)Sc1ccccc1. The smallest absolute Gasteiger partial charge is 0.273 e. The molecule has 1 fully saturated rings. The number of alkyl halides is 1.